The van der Waals surface area contributed by atoms with Crippen molar-refractivity contribution in [2.75, 3.05) is 6.61 Å². The summed E-state index contributed by atoms with van der Waals surface area (Å²) in [4.78, 5) is 12.9. The highest BCUT2D eigenvalue weighted by molar-refractivity contribution is 5.83. The molecular weight excluding hydrogens is 328 g/mol. The fourth-order valence-electron chi connectivity index (χ4n) is 3.18. The number of ether oxygens (including phenoxy) is 1. The van der Waals surface area contributed by atoms with Crippen molar-refractivity contribution in [2.24, 2.45) is 0 Å². The molecule has 0 aliphatic carbocycles. The lowest BCUT2D eigenvalue weighted by molar-refractivity contribution is -0.144. The summed E-state index contributed by atoms with van der Waals surface area (Å²) in [6.07, 6.45) is 1.77. The number of phenols is 2. The lowest BCUT2D eigenvalue weighted by Gasteiger charge is -2.20. The molecule has 0 fully saturated rings. The van der Waals surface area contributed by atoms with Gasteiger partial charge in [0.05, 0.1) is 6.61 Å². The molecule has 0 aliphatic rings. The first-order chi connectivity index (χ1) is 12.3. The highest BCUT2D eigenvalue weighted by Gasteiger charge is 2.26. The van der Waals surface area contributed by atoms with E-state index in [4.69, 9.17) is 4.74 Å². The average molecular weight is 356 g/mol. The topological polar surface area (TPSA) is 66.8 Å². The first-order valence-corrected chi connectivity index (χ1v) is 9.03. The maximum atomic E-state index is 12.9. The van der Waals surface area contributed by atoms with Gasteiger partial charge in [-0.05, 0) is 67.5 Å². The van der Waals surface area contributed by atoms with Gasteiger partial charge in [0.25, 0.3) is 0 Å². The van der Waals surface area contributed by atoms with Crippen molar-refractivity contribution < 1.29 is 19.7 Å². The monoisotopic (exact) mass is 356 g/mol. The molecular formula is C22H28O4. The minimum Gasteiger partial charge on any atom is -0.507 e. The van der Waals surface area contributed by atoms with Gasteiger partial charge < -0.3 is 14.9 Å². The Labute approximate surface area is 155 Å². The Morgan fingerprint density at radius 2 is 1.27 bits per heavy atom. The quantitative estimate of drug-likeness (QED) is 0.576. The van der Waals surface area contributed by atoms with Crippen LogP contribution in [-0.4, -0.2) is 22.8 Å². The van der Waals surface area contributed by atoms with Crippen LogP contribution in [0.15, 0.2) is 24.3 Å². The van der Waals surface area contributed by atoms with E-state index < -0.39 is 5.92 Å². The van der Waals surface area contributed by atoms with Gasteiger partial charge in [-0.25, -0.2) is 0 Å². The SMILES string of the molecule is CCCCOC(=O)C(c1cc(C)c(O)c(C)c1)c1cc(C)c(O)c(C)c1. The van der Waals surface area contributed by atoms with Crippen LogP contribution in [-0.2, 0) is 9.53 Å². The maximum absolute atomic E-state index is 12.9. The van der Waals surface area contributed by atoms with Crippen LogP contribution >= 0.6 is 0 Å². The number of benzene rings is 2. The molecule has 0 heterocycles. The van der Waals surface area contributed by atoms with Crippen LogP contribution in [0.25, 0.3) is 0 Å². The number of carbonyl (C=O) groups is 1. The molecule has 0 aromatic heterocycles. The third-order valence-electron chi connectivity index (χ3n) is 4.67. The molecule has 2 rings (SSSR count). The largest absolute Gasteiger partial charge is 0.507 e. The fourth-order valence-corrected chi connectivity index (χ4v) is 3.18. The molecule has 0 saturated heterocycles. The molecule has 0 aliphatic heterocycles. The van der Waals surface area contributed by atoms with Crippen molar-refractivity contribution in [1.82, 2.24) is 0 Å². The Kier molecular flexibility index (Phi) is 6.30. The van der Waals surface area contributed by atoms with E-state index in [0.717, 1.165) is 46.2 Å². The Morgan fingerprint density at radius 1 is 0.885 bits per heavy atom. The van der Waals surface area contributed by atoms with Crippen molar-refractivity contribution in [3.8, 4) is 11.5 Å². The summed E-state index contributed by atoms with van der Waals surface area (Å²) < 4.78 is 5.51. The first-order valence-electron chi connectivity index (χ1n) is 9.03. The van der Waals surface area contributed by atoms with E-state index in [9.17, 15) is 15.0 Å². The molecule has 0 radical (unpaired) electrons. The Hall–Kier alpha value is -2.49. The Bertz CT molecular complexity index is 704. The smallest absolute Gasteiger partial charge is 0.317 e. The Morgan fingerprint density at radius 3 is 1.62 bits per heavy atom. The zero-order valence-electron chi connectivity index (χ0n) is 16.2. The number of aryl methyl sites for hydroxylation is 4. The number of esters is 1. The lowest BCUT2D eigenvalue weighted by atomic mass is 9.87. The van der Waals surface area contributed by atoms with E-state index in [0.29, 0.717) is 6.61 Å². The molecule has 4 heteroatoms. The summed E-state index contributed by atoms with van der Waals surface area (Å²) in [5.74, 6) is -0.426. The van der Waals surface area contributed by atoms with Crippen molar-refractivity contribution in [2.45, 2.75) is 53.4 Å². The summed E-state index contributed by atoms with van der Waals surface area (Å²) >= 11 is 0. The molecule has 4 nitrogen and oxygen atoms in total. The molecule has 0 bridgehead atoms. The third kappa shape index (κ3) is 4.18. The zero-order chi connectivity index (χ0) is 19.4. The van der Waals surface area contributed by atoms with Crippen LogP contribution in [0.1, 0.15) is 59.1 Å². The van der Waals surface area contributed by atoms with Gasteiger partial charge in [0.2, 0.25) is 0 Å². The van der Waals surface area contributed by atoms with Gasteiger partial charge in [-0.15, -0.1) is 0 Å². The average Bonchev–Trinajstić information content (AvgIpc) is 2.58. The van der Waals surface area contributed by atoms with Gasteiger partial charge in [0.15, 0.2) is 0 Å². The zero-order valence-corrected chi connectivity index (χ0v) is 16.2. The molecule has 0 saturated carbocycles. The predicted octanol–water partition coefficient (Wildman–Crippen LogP) is 4.81. The summed E-state index contributed by atoms with van der Waals surface area (Å²) in [5, 5.41) is 20.1. The van der Waals surface area contributed by atoms with Gasteiger partial charge >= 0.3 is 5.97 Å². The van der Waals surface area contributed by atoms with Gasteiger partial charge in [0.1, 0.15) is 17.4 Å². The molecule has 0 unspecified atom stereocenters. The summed E-state index contributed by atoms with van der Waals surface area (Å²) in [5.41, 5.74) is 4.45. The van der Waals surface area contributed by atoms with Crippen molar-refractivity contribution in [3.63, 3.8) is 0 Å². The number of hydrogen-bond acceptors (Lipinski definition) is 4. The van der Waals surface area contributed by atoms with E-state index >= 15 is 0 Å². The second-order valence-corrected chi connectivity index (χ2v) is 6.96. The normalized spacial score (nSPS) is 11.0. The van der Waals surface area contributed by atoms with Crippen LogP contribution in [0.3, 0.4) is 0 Å². The molecule has 0 atom stereocenters. The molecule has 0 spiro atoms. The maximum Gasteiger partial charge on any atom is 0.317 e. The number of rotatable bonds is 6. The van der Waals surface area contributed by atoms with E-state index in [-0.39, 0.29) is 17.5 Å². The number of aromatic hydroxyl groups is 2. The lowest BCUT2D eigenvalue weighted by Crippen LogP contribution is -2.18. The number of carbonyl (C=O) groups excluding carboxylic acids is 1. The Balaban J connectivity index is 2.54. The van der Waals surface area contributed by atoms with Crippen LogP contribution in [0, 0.1) is 27.7 Å². The number of unbranched alkanes of at least 4 members (excludes halogenated alkanes) is 1. The number of hydrogen-bond donors (Lipinski definition) is 2. The highest BCUT2D eigenvalue weighted by Crippen LogP contribution is 2.34. The molecule has 0 amide bonds. The van der Waals surface area contributed by atoms with Crippen LogP contribution < -0.4 is 0 Å². The first kappa shape index (κ1) is 19.8. The highest BCUT2D eigenvalue weighted by atomic mass is 16.5. The van der Waals surface area contributed by atoms with Gasteiger partial charge in [0, 0.05) is 0 Å². The minimum atomic E-state index is -0.595. The van der Waals surface area contributed by atoms with Crippen LogP contribution in [0.4, 0.5) is 0 Å². The van der Waals surface area contributed by atoms with Crippen molar-refractivity contribution >= 4 is 5.97 Å². The molecule has 26 heavy (non-hydrogen) atoms. The van der Waals surface area contributed by atoms with Gasteiger partial charge in [-0.2, -0.15) is 0 Å². The van der Waals surface area contributed by atoms with Crippen molar-refractivity contribution in [1.29, 1.82) is 0 Å². The van der Waals surface area contributed by atoms with Crippen LogP contribution in [0.2, 0.25) is 0 Å². The van der Waals surface area contributed by atoms with E-state index in [1.165, 1.54) is 0 Å². The minimum absolute atomic E-state index is 0.241. The standard InChI is InChI=1S/C22H28O4/c1-6-7-8-26-22(25)19(17-9-13(2)20(23)14(3)10-17)18-11-15(4)21(24)16(5)12-18/h9-12,19,23-24H,6-8H2,1-5H3. The number of phenolic OH excluding ortho intramolecular Hbond substituents is 2. The second kappa shape index (κ2) is 8.26. The van der Waals surface area contributed by atoms with Crippen molar-refractivity contribution in [3.05, 3.63) is 57.6 Å². The molecule has 2 N–H and O–H groups in total. The molecule has 2 aromatic rings. The van der Waals surface area contributed by atoms with Gasteiger partial charge in [-0.3, -0.25) is 4.79 Å². The van der Waals surface area contributed by atoms with E-state index in [1.54, 1.807) is 0 Å². The summed E-state index contributed by atoms with van der Waals surface area (Å²) in [6.45, 7) is 9.71. The summed E-state index contributed by atoms with van der Waals surface area (Å²) in [7, 11) is 0. The van der Waals surface area contributed by atoms with E-state index in [1.807, 2.05) is 58.9 Å². The predicted molar refractivity (Wildman–Crippen MR) is 103 cm³/mol. The summed E-state index contributed by atoms with van der Waals surface area (Å²) in [6, 6.07) is 7.30. The molecule has 140 valence electrons. The van der Waals surface area contributed by atoms with E-state index in [2.05, 4.69) is 0 Å². The molecule has 2 aromatic carbocycles. The van der Waals surface area contributed by atoms with Crippen LogP contribution in [0.5, 0.6) is 11.5 Å². The fraction of sp³-hybridized carbons (Fsp3) is 0.409. The van der Waals surface area contributed by atoms with Gasteiger partial charge in [-0.1, -0.05) is 37.6 Å². The second-order valence-electron chi connectivity index (χ2n) is 6.96. The third-order valence-corrected chi connectivity index (χ3v) is 4.67.